The van der Waals surface area contributed by atoms with Crippen LogP contribution in [0.25, 0.3) is 5.57 Å². The maximum absolute atomic E-state index is 10.3. The van der Waals surface area contributed by atoms with Gasteiger partial charge in [-0.2, -0.15) is 0 Å². The van der Waals surface area contributed by atoms with E-state index >= 15 is 0 Å². The minimum Gasteiger partial charge on any atom is -0.285 e. The largest absolute Gasteiger partial charge is 0.285 e. The van der Waals surface area contributed by atoms with Gasteiger partial charge >= 0.3 is 0 Å². The van der Waals surface area contributed by atoms with E-state index in [0.29, 0.717) is 5.57 Å². The summed E-state index contributed by atoms with van der Waals surface area (Å²) in [5, 5.41) is 0. The molecule has 0 spiro atoms. The predicted molar refractivity (Wildman–Crippen MR) is 50.4 cm³/mol. The zero-order valence-corrected chi connectivity index (χ0v) is 7.29. The SMILES string of the molecule is CC([C]=O)=C(C)c1ccccc1. The second-order valence-corrected chi connectivity index (χ2v) is 2.72. The molecule has 61 valence electrons. The first-order valence-electron chi connectivity index (χ1n) is 3.86. The maximum atomic E-state index is 10.3. The summed E-state index contributed by atoms with van der Waals surface area (Å²) in [5.41, 5.74) is 2.74. The first-order chi connectivity index (χ1) is 5.75. The Bertz CT molecular complexity index is 296. The van der Waals surface area contributed by atoms with Crippen molar-refractivity contribution in [2.24, 2.45) is 0 Å². The average molecular weight is 159 g/mol. The molecular weight excluding hydrogens is 148 g/mol. The Kier molecular flexibility index (Phi) is 2.81. The quantitative estimate of drug-likeness (QED) is 0.606. The van der Waals surface area contributed by atoms with Crippen molar-refractivity contribution >= 4 is 11.9 Å². The standard InChI is InChI=1S/C11H11O/c1-9(8-12)10(2)11-6-4-3-5-7-11/h3-7H,1-2H3. The third-order valence-corrected chi connectivity index (χ3v) is 1.92. The van der Waals surface area contributed by atoms with E-state index in [-0.39, 0.29) is 0 Å². The van der Waals surface area contributed by atoms with Crippen LogP contribution in [-0.4, -0.2) is 6.29 Å². The van der Waals surface area contributed by atoms with E-state index in [0.717, 1.165) is 11.1 Å². The molecule has 0 aliphatic heterocycles. The molecule has 0 aliphatic rings. The third-order valence-electron chi connectivity index (χ3n) is 1.92. The van der Waals surface area contributed by atoms with Gasteiger partial charge in [-0.3, -0.25) is 4.79 Å². The van der Waals surface area contributed by atoms with E-state index in [1.165, 1.54) is 0 Å². The highest BCUT2D eigenvalue weighted by Gasteiger charge is 1.98. The van der Waals surface area contributed by atoms with Crippen LogP contribution < -0.4 is 0 Å². The molecule has 1 heteroatoms. The van der Waals surface area contributed by atoms with Crippen LogP contribution in [-0.2, 0) is 4.79 Å². The molecule has 0 saturated heterocycles. The van der Waals surface area contributed by atoms with Gasteiger partial charge in [0.15, 0.2) is 0 Å². The van der Waals surface area contributed by atoms with Crippen molar-refractivity contribution < 1.29 is 4.79 Å². The second kappa shape index (κ2) is 3.86. The van der Waals surface area contributed by atoms with Crippen molar-refractivity contribution in [3.63, 3.8) is 0 Å². The molecule has 0 unspecified atom stereocenters. The van der Waals surface area contributed by atoms with Crippen LogP contribution in [0.4, 0.5) is 0 Å². The lowest BCUT2D eigenvalue weighted by Crippen LogP contribution is -1.85. The van der Waals surface area contributed by atoms with Crippen LogP contribution >= 0.6 is 0 Å². The van der Waals surface area contributed by atoms with E-state index in [1.807, 2.05) is 43.5 Å². The minimum absolute atomic E-state index is 0.668. The van der Waals surface area contributed by atoms with Crippen molar-refractivity contribution in [1.82, 2.24) is 0 Å². The van der Waals surface area contributed by atoms with Crippen molar-refractivity contribution in [2.45, 2.75) is 13.8 Å². The van der Waals surface area contributed by atoms with E-state index in [2.05, 4.69) is 0 Å². The van der Waals surface area contributed by atoms with Crippen molar-refractivity contribution in [2.75, 3.05) is 0 Å². The Hall–Kier alpha value is -1.37. The molecule has 0 amide bonds. The zero-order valence-electron chi connectivity index (χ0n) is 7.29. The Balaban J connectivity index is 3.08. The Labute approximate surface area is 72.7 Å². The van der Waals surface area contributed by atoms with Crippen LogP contribution in [0.1, 0.15) is 19.4 Å². The Morgan fingerprint density at radius 3 is 2.25 bits per heavy atom. The molecule has 0 fully saturated rings. The number of rotatable bonds is 2. The van der Waals surface area contributed by atoms with Gasteiger partial charge in [-0.25, -0.2) is 0 Å². The first kappa shape index (κ1) is 8.72. The fourth-order valence-electron chi connectivity index (χ4n) is 0.981. The average Bonchev–Trinajstić information content (AvgIpc) is 2.17. The van der Waals surface area contributed by atoms with Gasteiger partial charge in [-0.1, -0.05) is 30.3 Å². The van der Waals surface area contributed by atoms with Gasteiger partial charge in [0.1, 0.15) is 0 Å². The number of benzene rings is 1. The van der Waals surface area contributed by atoms with Gasteiger partial charge in [-0.15, -0.1) is 0 Å². The van der Waals surface area contributed by atoms with Gasteiger partial charge < -0.3 is 0 Å². The van der Waals surface area contributed by atoms with Crippen LogP contribution in [0.15, 0.2) is 35.9 Å². The molecule has 12 heavy (non-hydrogen) atoms. The number of allylic oxidation sites excluding steroid dienone is 2. The first-order valence-corrected chi connectivity index (χ1v) is 3.86. The summed E-state index contributed by atoms with van der Waals surface area (Å²) >= 11 is 0. The van der Waals surface area contributed by atoms with Gasteiger partial charge in [0.2, 0.25) is 6.29 Å². The smallest absolute Gasteiger partial charge is 0.229 e. The third kappa shape index (κ3) is 1.82. The summed E-state index contributed by atoms with van der Waals surface area (Å²) in [7, 11) is 0. The molecule has 1 aromatic carbocycles. The lowest BCUT2D eigenvalue weighted by Gasteiger charge is -2.01. The zero-order chi connectivity index (χ0) is 8.97. The summed E-state index contributed by atoms with van der Waals surface area (Å²) in [4.78, 5) is 10.3. The molecule has 0 aliphatic carbocycles. The van der Waals surface area contributed by atoms with E-state index in [9.17, 15) is 4.79 Å². The summed E-state index contributed by atoms with van der Waals surface area (Å²) in [6.45, 7) is 3.70. The maximum Gasteiger partial charge on any atom is 0.229 e. The molecule has 0 N–H and O–H groups in total. The van der Waals surface area contributed by atoms with E-state index in [1.54, 1.807) is 6.92 Å². The molecule has 0 heterocycles. The second-order valence-electron chi connectivity index (χ2n) is 2.72. The fourth-order valence-corrected chi connectivity index (χ4v) is 0.981. The minimum atomic E-state index is 0.668. The summed E-state index contributed by atoms with van der Waals surface area (Å²) in [6, 6.07) is 9.83. The van der Waals surface area contributed by atoms with E-state index in [4.69, 9.17) is 0 Å². The molecule has 0 saturated carbocycles. The fraction of sp³-hybridized carbons (Fsp3) is 0.182. The van der Waals surface area contributed by atoms with Crippen molar-refractivity contribution in [3.8, 4) is 0 Å². The molecular formula is C11H11O. The van der Waals surface area contributed by atoms with Crippen LogP contribution in [0.3, 0.4) is 0 Å². The molecule has 1 rings (SSSR count). The highest BCUT2D eigenvalue weighted by atomic mass is 16.1. The number of hydrogen-bond donors (Lipinski definition) is 0. The lowest BCUT2D eigenvalue weighted by atomic mass is 10.0. The normalized spacial score (nSPS) is 12.2. The molecule has 0 atom stereocenters. The van der Waals surface area contributed by atoms with Gasteiger partial charge in [0.25, 0.3) is 0 Å². The van der Waals surface area contributed by atoms with E-state index < -0.39 is 0 Å². The summed E-state index contributed by atoms with van der Waals surface area (Å²) in [6.07, 6.45) is 1.89. The Morgan fingerprint density at radius 2 is 1.75 bits per heavy atom. The van der Waals surface area contributed by atoms with Crippen LogP contribution in [0, 0.1) is 0 Å². The lowest BCUT2D eigenvalue weighted by molar-refractivity contribution is 0.562. The number of hydrogen-bond acceptors (Lipinski definition) is 1. The molecule has 1 aromatic rings. The van der Waals surface area contributed by atoms with Crippen LogP contribution in [0.5, 0.6) is 0 Å². The van der Waals surface area contributed by atoms with Gasteiger partial charge in [0, 0.05) is 5.57 Å². The predicted octanol–water partition coefficient (Wildman–Crippen LogP) is 2.59. The monoisotopic (exact) mass is 159 g/mol. The molecule has 0 bridgehead atoms. The van der Waals surface area contributed by atoms with Gasteiger partial charge in [-0.05, 0) is 25.0 Å². The summed E-state index contributed by atoms with van der Waals surface area (Å²) < 4.78 is 0. The molecule has 0 aromatic heterocycles. The summed E-state index contributed by atoms with van der Waals surface area (Å²) in [5.74, 6) is 0. The molecule has 1 nitrogen and oxygen atoms in total. The van der Waals surface area contributed by atoms with Gasteiger partial charge in [0.05, 0.1) is 0 Å². The van der Waals surface area contributed by atoms with Crippen molar-refractivity contribution in [3.05, 3.63) is 41.5 Å². The van der Waals surface area contributed by atoms with Crippen LogP contribution in [0.2, 0.25) is 0 Å². The van der Waals surface area contributed by atoms with Crippen molar-refractivity contribution in [1.29, 1.82) is 0 Å². The topological polar surface area (TPSA) is 17.1 Å². The highest BCUT2D eigenvalue weighted by Crippen LogP contribution is 2.15. The molecule has 1 radical (unpaired) electrons. The number of carbonyl (C=O) groups excluding carboxylic acids is 1. The Morgan fingerprint density at radius 1 is 1.17 bits per heavy atom. The highest BCUT2D eigenvalue weighted by molar-refractivity contribution is 5.87.